The Hall–Kier alpha value is -5.40. The van der Waals surface area contributed by atoms with Crippen LogP contribution in [0.2, 0.25) is 0 Å². The van der Waals surface area contributed by atoms with Gasteiger partial charge < -0.3 is 30.5 Å². The van der Waals surface area contributed by atoms with Gasteiger partial charge in [0.25, 0.3) is 11.8 Å². The number of carbonyl (C=O) groups is 5. The van der Waals surface area contributed by atoms with Crippen molar-refractivity contribution in [1.29, 1.82) is 0 Å². The Morgan fingerprint density at radius 1 is 0.962 bits per heavy atom. The van der Waals surface area contributed by atoms with E-state index >= 15 is 0 Å². The summed E-state index contributed by atoms with van der Waals surface area (Å²) in [6, 6.07) is 23.4. The summed E-state index contributed by atoms with van der Waals surface area (Å²) in [6.45, 7) is 6.20. The molecule has 4 aromatic rings. The number of nitrogens with zero attached hydrogens (tertiary/aromatic N) is 2. The van der Waals surface area contributed by atoms with E-state index in [-0.39, 0.29) is 24.1 Å². The van der Waals surface area contributed by atoms with E-state index in [9.17, 15) is 24.0 Å². The van der Waals surface area contributed by atoms with Gasteiger partial charge in [-0.15, -0.1) is 23.1 Å². The zero-order valence-electron chi connectivity index (χ0n) is 30.4. The molecular formula is C40H43N5O6S2. The Kier molecular flexibility index (Phi) is 13.1. The van der Waals surface area contributed by atoms with Crippen LogP contribution < -0.4 is 20.9 Å². The zero-order chi connectivity index (χ0) is 38.1. The zero-order valence-corrected chi connectivity index (χ0v) is 32.0. The van der Waals surface area contributed by atoms with Gasteiger partial charge in [-0.25, -0.2) is 4.79 Å². The lowest BCUT2D eigenvalue weighted by Gasteiger charge is -2.25. The highest BCUT2D eigenvalue weighted by molar-refractivity contribution is 8.00. The molecule has 3 aromatic carbocycles. The number of thiophene rings is 1. The van der Waals surface area contributed by atoms with Crippen molar-refractivity contribution in [3.05, 3.63) is 112 Å². The maximum Gasteiger partial charge on any atom is 0.341 e. The van der Waals surface area contributed by atoms with E-state index in [0.717, 1.165) is 26.6 Å². The van der Waals surface area contributed by atoms with E-state index in [4.69, 9.17) is 4.74 Å². The van der Waals surface area contributed by atoms with Crippen LogP contribution in [0, 0.1) is 0 Å². The lowest BCUT2D eigenvalue weighted by atomic mass is 10.0. The molecule has 1 aliphatic rings. The van der Waals surface area contributed by atoms with E-state index in [1.165, 1.54) is 30.0 Å². The standard InChI is InChI=1S/C40H43N5O6S2/c1-6-33(38(49)43-39-35(40(50)51-7-2)31-20-21-45(25(3)46)24-34(31)53-39)52-30-15-11-14-28(23-30)41-37(48)32(42-36(47)27-12-9-8-10-13-27)22-26-16-18-29(19-17-26)44(4)5/h8-19,22-23,33H,6-7,20-21,24H2,1-5H3,(H,41,48)(H,42,47)(H,43,49)/b32-22+. The number of benzene rings is 3. The van der Waals surface area contributed by atoms with E-state index in [1.807, 2.05) is 62.3 Å². The predicted octanol–water partition coefficient (Wildman–Crippen LogP) is 6.81. The minimum absolute atomic E-state index is 0.0488. The van der Waals surface area contributed by atoms with Crippen LogP contribution in [0.15, 0.2) is 89.5 Å². The summed E-state index contributed by atoms with van der Waals surface area (Å²) in [7, 11) is 3.88. The van der Waals surface area contributed by atoms with Crippen molar-refractivity contribution in [3.63, 3.8) is 0 Å². The van der Waals surface area contributed by atoms with E-state index < -0.39 is 23.0 Å². The molecule has 0 saturated heterocycles. The average molecular weight is 754 g/mol. The van der Waals surface area contributed by atoms with Gasteiger partial charge in [-0.2, -0.15) is 0 Å². The van der Waals surface area contributed by atoms with Crippen LogP contribution in [0.25, 0.3) is 6.08 Å². The summed E-state index contributed by atoms with van der Waals surface area (Å²) in [5.74, 6) is -1.78. The molecule has 3 N–H and O–H groups in total. The van der Waals surface area contributed by atoms with Crippen LogP contribution in [-0.2, 0) is 32.1 Å². The molecule has 11 nitrogen and oxygen atoms in total. The highest BCUT2D eigenvalue weighted by atomic mass is 32.2. The summed E-state index contributed by atoms with van der Waals surface area (Å²) in [5, 5.41) is 8.53. The molecule has 1 unspecified atom stereocenters. The third-order valence-corrected chi connectivity index (χ3v) is 11.0. The second-order valence-corrected chi connectivity index (χ2v) is 14.9. The van der Waals surface area contributed by atoms with Crippen LogP contribution in [0.4, 0.5) is 16.4 Å². The second-order valence-electron chi connectivity index (χ2n) is 12.5. The molecule has 0 fully saturated rings. The monoisotopic (exact) mass is 753 g/mol. The topological polar surface area (TPSA) is 137 Å². The van der Waals surface area contributed by atoms with Gasteiger partial charge in [0.05, 0.1) is 24.0 Å². The molecule has 2 heterocycles. The van der Waals surface area contributed by atoms with Crippen molar-refractivity contribution >= 4 is 75.1 Å². The van der Waals surface area contributed by atoms with Crippen LogP contribution in [0.3, 0.4) is 0 Å². The molecule has 1 atom stereocenters. The number of ether oxygens (including phenoxy) is 1. The number of esters is 1. The van der Waals surface area contributed by atoms with E-state index in [1.54, 1.807) is 60.4 Å². The van der Waals surface area contributed by atoms with Crippen LogP contribution in [0.1, 0.15) is 63.9 Å². The number of thioether (sulfide) groups is 1. The number of carbonyl (C=O) groups excluding carboxylic acids is 5. The van der Waals surface area contributed by atoms with Gasteiger partial charge in [0.1, 0.15) is 10.7 Å². The first-order chi connectivity index (χ1) is 25.5. The average Bonchev–Trinajstić information content (AvgIpc) is 3.51. The number of nitrogens with one attached hydrogen (secondary N) is 3. The largest absolute Gasteiger partial charge is 0.462 e. The third-order valence-electron chi connectivity index (χ3n) is 8.50. The fraction of sp³-hybridized carbons (Fsp3) is 0.275. The second kappa shape index (κ2) is 17.9. The number of rotatable bonds is 13. The Morgan fingerprint density at radius 3 is 2.36 bits per heavy atom. The Balaban J connectivity index is 1.33. The molecule has 5 rings (SSSR count). The maximum atomic E-state index is 13.7. The number of anilines is 3. The highest BCUT2D eigenvalue weighted by Crippen LogP contribution is 2.39. The lowest BCUT2D eigenvalue weighted by molar-refractivity contribution is -0.129. The molecular weight excluding hydrogens is 711 g/mol. The SMILES string of the molecule is CCOC(=O)c1c(NC(=O)C(CC)Sc2cccc(NC(=O)/C(=C\c3ccc(N(C)C)cc3)NC(=O)c3ccccc3)c2)sc2c1CCN(C(C)=O)C2. The van der Waals surface area contributed by atoms with Crippen molar-refractivity contribution in [2.45, 2.75) is 50.3 Å². The highest BCUT2D eigenvalue weighted by Gasteiger charge is 2.31. The molecule has 0 saturated carbocycles. The first-order valence-electron chi connectivity index (χ1n) is 17.3. The fourth-order valence-corrected chi connectivity index (χ4v) is 7.95. The molecule has 0 bridgehead atoms. The summed E-state index contributed by atoms with van der Waals surface area (Å²) in [5.41, 5.74) is 3.82. The van der Waals surface area contributed by atoms with Crippen LogP contribution in [0.5, 0.6) is 0 Å². The summed E-state index contributed by atoms with van der Waals surface area (Å²) < 4.78 is 5.35. The number of fused-ring (bicyclic) bond motifs is 1. The van der Waals surface area contributed by atoms with Crippen molar-refractivity contribution in [3.8, 4) is 0 Å². The first-order valence-corrected chi connectivity index (χ1v) is 19.0. The number of hydrogen-bond acceptors (Lipinski definition) is 9. The summed E-state index contributed by atoms with van der Waals surface area (Å²) in [6.07, 6.45) is 2.60. The van der Waals surface area contributed by atoms with Gasteiger partial charge in [-0.1, -0.05) is 43.3 Å². The van der Waals surface area contributed by atoms with Crippen molar-refractivity contribution in [2.24, 2.45) is 0 Å². The van der Waals surface area contributed by atoms with E-state index in [2.05, 4.69) is 16.0 Å². The molecule has 53 heavy (non-hydrogen) atoms. The Morgan fingerprint density at radius 2 is 1.70 bits per heavy atom. The Labute approximate surface area is 317 Å². The Bertz CT molecular complexity index is 2010. The molecule has 0 radical (unpaired) electrons. The lowest BCUT2D eigenvalue weighted by Crippen LogP contribution is -2.34. The van der Waals surface area contributed by atoms with Gasteiger partial charge in [0.15, 0.2) is 0 Å². The van der Waals surface area contributed by atoms with Crippen LogP contribution in [-0.4, -0.2) is 67.0 Å². The molecule has 0 aliphatic carbocycles. The van der Waals surface area contributed by atoms with E-state index in [0.29, 0.717) is 47.7 Å². The van der Waals surface area contributed by atoms with Gasteiger partial charge in [-0.05, 0) is 79.4 Å². The summed E-state index contributed by atoms with van der Waals surface area (Å²) >= 11 is 2.62. The van der Waals surface area contributed by atoms with Crippen molar-refractivity contribution in [2.75, 3.05) is 42.8 Å². The number of hydrogen-bond donors (Lipinski definition) is 3. The van der Waals surface area contributed by atoms with Gasteiger partial charge in [0, 0.05) is 54.3 Å². The van der Waals surface area contributed by atoms with Crippen molar-refractivity contribution in [1.82, 2.24) is 10.2 Å². The van der Waals surface area contributed by atoms with Gasteiger partial charge >= 0.3 is 5.97 Å². The third kappa shape index (κ3) is 9.93. The normalized spacial score (nSPS) is 13.0. The molecule has 4 amide bonds. The quantitative estimate of drug-likeness (QED) is 0.0770. The van der Waals surface area contributed by atoms with Gasteiger partial charge in [0.2, 0.25) is 11.8 Å². The first kappa shape index (κ1) is 38.8. The van der Waals surface area contributed by atoms with Gasteiger partial charge in [-0.3, -0.25) is 19.2 Å². The fourth-order valence-electron chi connectivity index (χ4n) is 5.68. The minimum atomic E-state index is -0.533. The molecule has 1 aromatic heterocycles. The van der Waals surface area contributed by atoms with Crippen LogP contribution >= 0.6 is 23.1 Å². The van der Waals surface area contributed by atoms with Crippen molar-refractivity contribution < 1.29 is 28.7 Å². The molecule has 13 heteroatoms. The number of amides is 4. The maximum absolute atomic E-state index is 13.7. The molecule has 276 valence electrons. The molecule has 0 spiro atoms. The summed E-state index contributed by atoms with van der Waals surface area (Å²) in [4.78, 5) is 70.9. The smallest absolute Gasteiger partial charge is 0.341 e. The minimum Gasteiger partial charge on any atom is -0.462 e. The molecule has 1 aliphatic heterocycles. The predicted molar refractivity (Wildman–Crippen MR) is 211 cm³/mol.